The topological polar surface area (TPSA) is 211 Å². The molecule has 12 nitrogen and oxygen atoms in total. The quantitative estimate of drug-likeness (QED) is 0.245. The first-order chi connectivity index (χ1) is 15.6. The molecule has 3 aromatic rings. The van der Waals surface area contributed by atoms with Gasteiger partial charge in [-0.15, -0.1) is 0 Å². The molecule has 0 aliphatic carbocycles. The summed E-state index contributed by atoms with van der Waals surface area (Å²) in [4.78, 5) is 12.5. The van der Waals surface area contributed by atoms with Gasteiger partial charge in [0.2, 0.25) is 17.5 Å². The van der Waals surface area contributed by atoms with Crippen LogP contribution < -0.4 is 10.2 Å². The molecule has 1 fully saturated rings. The molecule has 0 spiro atoms. The Balaban J connectivity index is 1.68. The van der Waals surface area contributed by atoms with E-state index in [1.807, 2.05) is 0 Å². The lowest BCUT2D eigenvalue weighted by atomic mass is 9.99. The lowest BCUT2D eigenvalue weighted by molar-refractivity contribution is -0.277. The minimum atomic E-state index is -1.70. The van der Waals surface area contributed by atoms with Crippen LogP contribution in [0.1, 0.15) is 0 Å². The van der Waals surface area contributed by atoms with Crippen molar-refractivity contribution in [1.82, 2.24) is 0 Å². The SMILES string of the molecule is O=c1c(O)c(-c2ccc(O[C@H]3O[C@@H](CO)[C@@H](O)[C@@H](O)[C@@H]3O)c(O)c2)oc2cc(O)cc(O)c12. The van der Waals surface area contributed by atoms with Crippen molar-refractivity contribution < 1.29 is 54.7 Å². The molecule has 0 radical (unpaired) electrons. The van der Waals surface area contributed by atoms with Crippen LogP contribution in [0.15, 0.2) is 39.5 Å². The Morgan fingerprint density at radius 3 is 2.30 bits per heavy atom. The smallest absolute Gasteiger partial charge is 0.238 e. The summed E-state index contributed by atoms with van der Waals surface area (Å²) in [5, 5.41) is 78.8. The average Bonchev–Trinajstić information content (AvgIpc) is 2.77. The minimum absolute atomic E-state index is 0.0213. The average molecular weight is 464 g/mol. The van der Waals surface area contributed by atoms with Crippen molar-refractivity contribution in [3.63, 3.8) is 0 Å². The largest absolute Gasteiger partial charge is 0.508 e. The van der Waals surface area contributed by atoms with Gasteiger partial charge >= 0.3 is 0 Å². The van der Waals surface area contributed by atoms with Gasteiger partial charge in [-0.3, -0.25) is 4.79 Å². The summed E-state index contributed by atoms with van der Waals surface area (Å²) in [5.41, 5.74) is -1.16. The standard InChI is InChI=1S/C21H20O12/c22-6-13-15(26)17(28)19(30)21(33-13)32-11-2-1-7(3-9(11)24)20-18(29)16(27)14-10(25)4-8(23)5-12(14)31-20/h1-5,13,15,17,19,21-26,28-30H,6H2/t13-,15+,17+,19-,21-/m0/s1. The van der Waals surface area contributed by atoms with Gasteiger partial charge < -0.3 is 54.7 Å². The summed E-state index contributed by atoms with van der Waals surface area (Å²) in [6.45, 7) is -0.666. The van der Waals surface area contributed by atoms with Crippen LogP contribution in [-0.2, 0) is 4.74 Å². The van der Waals surface area contributed by atoms with Gasteiger partial charge in [0.25, 0.3) is 0 Å². The second-order valence-electron chi connectivity index (χ2n) is 7.44. The fourth-order valence-corrected chi connectivity index (χ4v) is 3.52. The first-order valence-corrected chi connectivity index (χ1v) is 9.64. The minimum Gasteiger partial charge on any atom is -0.508 e. The van der Waals surface area contributed by atoms with Gasteiger partial charge in [0.1, 0.15) is 46.9 Å². The highest BCUT2D eigenvalue weighted by Crippen LogP contribution is 2.39. The Kier molecular flexibility index (Phi) is 5.78. The van der Waals surface area contributed by atoms with Crippen molar-refractivity contribution in [1.29, 1.82) is 0 Å². The lowest BCUT2D eigenvalue weighted by Crippen LogP contribution is -2.60. The highest BCUT2D eigenvalue weighted by Gasteiger charge is 2.45. The molecule has 0 saturated carbocycles. The number of aliphatic hydroxyl groups excluding tert-OH is 4. The number of fused-ring (bicyclic) bond motifs is 1. The third-order valence-corrected chi connectivity index (χ3v) is 5.25. The van der Waals surface area contributed by atoms with Crippen LogP contribution in [-0.4, -0.2) is 78.2 Å². The van der Waals surface area contributed by atoms with Crippen LogP contribution in [0.4, 0.5) is 0 Å². The van der Waals surface area contributed by atoms with E-state index >= 15 is 0 Å². The summed E-state index contributed by atoms with van der Waals surface area (Å²) >= 11 is 0. The van der Waals surface area contributed by atoms with Crippen LogP contribution in [0.2, 0.25) is 0 Å². The summed E-state index contributed by atoms with van der Waals surface area (Å²) in [6.07, 6.45) is -7.73. The van der Waals surface area contributed by atoms with Gasteiger partial charge in [-0.1, -0.05) is 0 Å². The van der Waals surface area contributed by atoms with Crippen molar-refractivity contribution in [2.24, 2.45) is 0 Å². The van der Waals surface area contributed by atoms with Crippen molar-refractivity contribution >= 4 is 11.0 Å². The number of phenolic OH excluding ortho intramolecular Hbond substituents is 3. The zero-order valence-electron chi connectivity index (χ0n) is 16.7. The Morgan fingerprint density at radius 1 is 0.909 bits per heavy atom. The van der Waals surface area contributed by atoms with E-state index in [4.69, 9.17) is 13.9 Å². The fraction of sp³-hybridized carbons (Fsp3) is 0.286. The summed E-state index contributed by atoms with van der Waals surface area (Å²) in [7, 11) is 0. The Hall–Kier alpha value is -3.55. The van der Waals surface area contributed by atoms with Gasteiger partial charge in [0, 0.05) is 17.7 Å². The first kappa shape index (κ1) is 22.6. The van der Waals surface area contributed by atoms with Crippen LogP contribution in [0.3, 0.4) is 0 Å². The molecule has 33 heavy (non-hydrogen) atoms. The van der Waals surface area contributed by atoms with Gasteiger partial charge in [-0.05, 0) is 18.2 Å². The fourth-order valence-electron chi connectivity index (χ4n) is 3.52. The molecule has 8 N–H and O–H groups in total. The first-order valence-electron chi connectivity index (χ1n) is 9.64. The summed E-state index contributed by atoms with van der Waals surface area (Å²) in [6, 6.07) is 5.51. The van der Waals surface area contributed by atoms with E-state index in [1.165, 1.54) is 12.1 Å². The van der Waals surface area contributed by atoms with Gasteiger partial charge in [0.15, 0.2) is 17.3 Å². The number of hydrogen-bond acceptors (Lipinski definition) is 12. The molecule has 1 aliphatic rings. The van der Waals surface area contributed by atoms with E-state index < -0.39 is 60.0 Å². The molecular formula is C21H20O12. The second-order valence-corrected chi connectivity index (χ2v) is 7.44. The number of ether oxygens (including phenoxy) is 2. The third-order valence-electron chi connectivity index (χ3n) is 5.25. The molecular weight excluding hydrogens is 444 g/mol. The van der Waals surface area contributed by atoms with Crippen molar-refractivity contribution in [3.8, 4) is 40.1 Å². The number of benzene rings is 2. The normalized spacial score (nSPS) is 25.3. The zero-order chi connectivity index (χ0) is 24.0. The number of rotatable bonds is 4. The Labute approximate surface area is 184 Å². The third kappa shape index (κ3) is 3.90. The molecule has 1 aliphatic heterocycles. The highest BCUT2D eigenvalue weighted by atomic mass is 16.7. The van der Waals surface area contributed by atoms with Crippen LogP contribution in [0.5, 0.6) is 28.7 Å². The number of aliphatic hydroxyl groups is 4. The molecule has 4 rings (SSSR count). The second kappa shape index (κ2) is 8.42. The van der Waals surface area contributed by atoms with Gasteiger partial charge in [-0.25, -0.2) is 0 Å². The number of aromatic hydroxyl groups is 4. The van der Waals surface area contributed by atoms with Crippen LogP contribution in [0, 0.1) is 0 Å². The molecule has 2 heterocycles. The maximum absolute atomic E-state index is 12.5. The van der Waals surface area contributed by atoms with Crippen molar-refractivity contribution in [2.75, 3.05) is 6.61 Å². The predicted molar refractivity (Wildman–Crippen MR) is 109 cm³/mol. The van der Waals surface area contributed by atoms with E-state index in [0.717, 1.165) is 18.2 Å². The molecule has 0 amide bonds. The van der Waals surface area contributed by atoms with E-state index in [1.54, 1.807) is 0 Å². The molecule has 1 aromatic heterocycles. The van der Waals surface area contributed by atoms with E-state index in [-0.39, 0.29) is 33.8 Å². The highest BCUT2D eigenvalue weighted by molar-refractivity contribution is 5.88. The lowest BCUT2D eigenvalue weighted by Gasteiger charge is -2.39. The Morgan fingerprint density at radius 2 is 1.64 bits per heavy atom. The summed E-state index contributed by atoms with van der Waals surface area (Å²) in [5.74, 6) is -2.97. The maximum Gasteiger partial charge on any atom is 0.238 e. The molecule has 2 aromatic carbocycles. The van der Waals surface area contributed by atoms with Gasteiger partial charge in [0.05, 0.1) is 6.61 Å². The van der Waals surface area contributed by atoms with Crippen LogP contribution >= 0.6 is 0 Å². The Bertz CT molecular complexity index is 1250. The maximum atomic E-state index is 12.5. The number of hydrogen-bond donors (Lipinski definition) is 8. The van der Waals surface area contributed by atoms with Crippen molar-refractivity contribution in [2.45, 2.75) is 30.7 Å². The van der Waals surface area contributed by atoms with Crippen LogP contribution in [0.25, 0.3) is 22.3 Å². The predicted octanol–water partition coefficient (Wildman–Crippen LogP) is -0.539. The molecule has 0 unspecified atom stereocenters. The molecule has 0 bridgehead atoms. The molecule has 176 valence electrons. The monoisotopic (exact) mass is 464 g/mol. The molecule has 1 saturated heterocycles. The van der Waals surface area contributed by atoms with E-state index in [0.29, 0.717) is 0 Å². The molecule has 5 atom stereocenters. The summed E-state index contributed by atoms with van der Waals surface area (Å²) < 4.78 is 16.1. The van der Waals surface area contributed by atoms with Gasteiger partial charge in [-0.2, -0.15) is 0 Å². The number of phenols is 3. The molecule has 12 heteroatoms. The van der Waals surface area contributed by atoms with E-state index in [2.05, 4.69) is 0 Å². The van der Waals surface area contributed by atoms with Crippen molar-refractivity contribution in [3.05, 3.63) is 40.6 Å². The van der Waals surface area contributed by atoms with E-state index in [9.17, 15) is 45.6 Å². The zero-order valence-corrected chi connectivity index (χ0v) is 16.7.